The van der Waals surface area contributed by atoms with E-state index in [1.807, 2.05) is 6.08 Å². The molecule has 0 radical (unpaired) electrons. The third-order valence-corrected chi connectivity index (χ3v) is 12.7. The summed E-state index contributed by atoms with van der Waals surface area (Å²) in [5.74, 6) is 0. The lowest BCUT2D eigenvalue weighted by atomic mass is 10.0. The van der Waals surface area contributed by atoms with Gasteiger partial charge in [-0.2, -0.15) is 0 Å². The molecule has 0 fully saturated rings. The summed E-state index contributed by atoms with van der Waals surface area (Å²) in [6.07, 6.45) is 14.3. The Kier molecular flexibility index (Phi) is 15.4. The van der Waals surface area contributed by atoms with Crippen LogP contribution in [0.15, 0.2) is 46.6 Å². The fraction of sp³-hybridized carbons (Fsp3) is 0.724. The summed E-state index contributed by atoms with van der Waals surface area (Å²) < 4.78 is 7.22. The molecule has 0 aromatic heterocycles. The molecule has 0 amide bonds. The van der Waals surface area contributed by atoms with Crippen LogP contribution in [0.5, 0.6) is 0 Å². The van der Waals surface area contributed by atoms with E-state index in [1.54, 1.807) is 0 Å². The van der Waals surface area contributed by atoms with Crippen LogP contribution in [-0.4, -0.2) is 26.1 Å². The van der Waals surface area contributed by atoms with Crippen molar-refractivity contribution in [1.29, 1.82) is 0 Å². The maximum absolute atomic E-state index is 9.07. The van der Waals surface area contributed by atoms with Crippen LogP contribution in [0.2, 0.25) is 16.6 Å². The summed E-state index contributed by atoms with van der Waals surface area (Å²) in [7, 11) is -1.95. The second-order valence-corrected chi connectivity index (χ2v) is 16.2. The monoisotopic (exact) mass is 462 g/mol. The SMILES string of the molecule is CC(C)=CCC/C(C)=C/C(C/C(C)=C\CC/C(C)=C/CO)O[Si](C(C)C)(C(C)C)C(C)C. The van der Waals surface area contributed by atoms with E-state index in [0.717, 1.165) is 32.1 Å². The molecule has 0 spiro atoms. The van der Waals surface area contributed by atoms with E-state index >= 15 is 0 Å². The zero-order chi connectivity index (χ0) is 24.9. The molecule has 0 aliphatic rings. The van der Waals surface area contributed by atoms with Gasteiger partial charge in [-0.25, -0.2) is 0 Å². The molecule has 32 heavy (non-hydrogen) atoms. The Morgan fingerprint density at radius 1 is 0.719 bits per heavy atom. The van der Waals surface area contributed by atoms with Crippen LogP contribution in [0.1, 0.15) is 108 Å². The van der Waals surface area contributed by atoms with Crippen LogP contribution in [0.4, 0.5) is 0 Å². The third kappa shape index (κ3) is 11.3. The second-order valence-electron chi connectivity index (χ2n) is 10.8. The Labute approximate surface area is 202 Å². The van der Waals surface area contributed by atoms with Crippen molar-refractivity contribution in [2.75, 3.05) is 6.61 Å². The maximum Gasteiger partial charge on any atom is 0.201 e. The first-order chi connectivity index (χ1) is 14.9. The summed E-state index contributed by atoms with van der Waals surface area (Å²) in [6, 6.07) is 0. The molecule has 186 valence electrons. The van der Waals surface area contributed by atoms with Crippen molar-refractivity contribution in [1.82, 2.24) is 0 Å². The van der Waals surface area contributed by atoms with Gasteiger partial charge in [-0.05, 0) is 83.3 Å². The van der Waals surface area contributed by atoms with Crippen LogP contribution >= 0.6 is 0 Å². The minimum Gasteiger partial charge on any atom is -0.409 e. The summed E-state index contributed by atoms with van der Waals surface area (Å²) in [4.78, 5) is 0. The number of hydrogen-bond donors (Lipinski definition) is 1. The van der Waals surface area contributed by atoms with E-state index in [-0.39, 0.29) is 12.7 Å². The number of aliphatic hydroxyl groups is 1. The first kappa shape index (κ1) is 31.1. The van der Waals surface area contributed by atoms with E-state index in [2.05, 4.69) is 94.4 Å². The minimum absolute atomic E-state index is 0.133. The summed E-state index contributed by atoms with van der Waals surface area (Å²) in [5, 5.41) is 9.07. The van der Waals surface area contributed by atoms with E-state index in [1.165, 1.54) is 22.3 Å². The average molecular weight is 463 g/mol. The molecule has 0 saturated carbocycles. The van der Waals surface area contributed by atoms with Gasteiger partial charge in [0.2, 0.25) is 8.32 Å². The van der Waals surface area contributed by atoms with Crippen LogP contribution < -0.4 is 0 Å². The molecule has 1 unspecified atom stereocenters. The topological polar surface area (TPSA) is 29.5 Å². The predicted molar refractivity (Wildman–Crippen MR) is 147 cm³/mol. The van der Waals surface area contributed by atoms with Gasteiger partial charge in [0.15, 0.2) is 0 Å². The highest BCUT2D eigenvalue weighted by Gasteiger charge is 2.46. The van der Waals surface area contributed by atoms with Gasteiger partial charge >= 0.3 is 0 Å². The molecule has 0 aliphatic heterocycles. The van der Waals surface area contributed by atoms with Gasteiger partial charge in [0.05, 0.1) is 12.7 Å². The normalized spacial score (nSPS) is 15.2. The predicted octanol–water partition coefficient (Wildman–Crippen LogP) is 9.30. The van der Waals surface area contributed by atoms with Gasteiger partial charge in [0.25, 0.3) is 0 Å². The molecular formula is C29H54O2Si. The van der Waals surface area contributed by atoms with Crippen molar-refractivity contribution >= 4 is 8.32 Å². The fourth-order valence-electron chi connectivity index (χ4n) is 5.00. The molecule has 0 aromatic rings. The van der Waals surface area contributed by atoms with Gasteiger partial charge in [-0.1, -0.05) is 88.1 Å². The van der Waals surface area contributed by atoms with Gasteiger partial charge < -0.3 is 9.53 Å². The van der Waals surface area contributed by atoms with Crippen molar-refractivity contribution in [2.45, 2.75) is 131 Å². The second kappa shape index (κ2) is 15.8. The van der Waals surface area contributed by atoms with E-state index in [0.29, 0.717) is 16.6 Å². The first-order valence-electron chi connectivity index (χ1n) is 12.8. The zero-order valence-electron chi connectivity index (χ0n) is 23.2. The highest BCUT2D eigenvalue weighted by Crippen LogP contribution is 2.43. The molecule has 0 saturated heterocycles. The quantitative estimate of drug-likeness (QED) is 0.194. The zero-order valence-corrected chi connectivity index (χ0v) is 24.2. The largest absolute Gasteiger partial charge is 0.409 e. The Balaban J connectivity index is 5.73. The lowest BCUT2D eigenvalue weighted by molar-refractivity contribution is 0.215. The van der Waals surface area contributed by atoms with Crippen LogP contribution in [0, 0.1) is 0 Å². The van der Waals surface area contributed by atoms with E-state index in [4.69, 9.17) is 9.53 Å². The number of hydrogen-bond acceptors (Lipinski definition) is 2. The highest BCUT2D eigenvalue weighted by molar-refractivity contribution is 6.77. The van der Waals surface area contributed by atoms with Gasteiger partial charge in [-0.3, -0.25) is 0 Å². The molecule has 0 bridgehead atoms. The molecule has 3 heteroatoms. The van der Waals surface area contributed by atoms with Gasteiger partial charge in [-0.15, -0.1) is 0 Å². The third-order valence-electron chi connectivity index (χ3n) is 6.62. The van der Waals surface area contributed by atoms with Crippen LogP contribution in [0.3, 0.4) is 0 Å². The van der Waals surface area contributed by atoms with Crippen molar-refractivity contribution in [3.8, 4) is 0 Å². The van der Waals surface area contributed by atoms with Crippen LogP contribution in [0.25, 0.3) is 0 Å². The number of aliphatic hydroxyl groups excluding tert-OH is 1. The van der Waals surface area contributed by atoms with Crippen molar-refractivity contribution in [2.24, 2.45) is 0 Å². The number of allylic oxidation sites excluding steroid dienone is 5. The fourth-order valence-corrected chi connectivity index (χ4v) is 10.5. The summed E-state index contributed by atoms with van der Waals surface area (Å²) in [6.45, 7) is 25.3. The first-order valence-corrected chi connectivity index (χ1v) is 14.9. The molecule has 0 heterocycles. The molecule has 0 aliphatic carbocycles. The molecule has 0 aromatic carbocycles. The van der Waals surface area contributed by atoms with Crippen molar-refractivity contribution in [3.05, 3.63) is 46.6 Å². The number of rotatable bonds is 15. The Bertz CT molecular complexity index is 624. The van der Waals surface area contributed by atoms with Crippen molar-refractivity contribution < 1.29 is 9.53 Å². The van der Waals surface area contributed by atoms with Crippen molar-refractivity contribution in [3.63, 3.8) is 0 Å². The molecule has 1 atom stereocenters. The lowest BCUT2D eigenvalue weighted by Crippen LogP contribution is -2.50. The molecule has 2 nitrogen and oxygen atoms in total. The van der Waals surface area contributed by atoms with Gasteiger partial charge in [0, 0.05) is 0 Å². The average Bonchev–Trinajstić information content (AvgIpc) is 2.64. The summed E-state index contributed by atoms with van der Waals surface area (Å²) >= 11 is 0. The maximum atomic E-state index is 9.07. The Hall–Kier alpha value is -0.903. The van der Waals surface area contributed by atoms with E-state index < -0.39 is 8.32 Å². The molecular weight excluding hydrogens is 408 g/mol. The lowest BCUT2D eigenvalue weighted by Gasteiger charge is -2.44. The Morgan fingerprint density at radius 2 is 1.22 bits per heavy atom. The molecule has 0 rings (SSSR count). The van der Waals surface area contributed by atoms with Crippen LogP contribution in [-0.2, 0) is 4.43 Å². The van der Waals surface area contributed by atoms with E-state index in [9.17, 15) is 0 Å². The van der Waals surface area contributed by atoms with Gasteiger partial charge in [0.1, 0.15) is 0 Å². The molecule has 1 N–H and O–H groups in total. The standard InChI is InChI=1S/C29H54O2Si/c1-22(2)14-12-16-27(10)20-29(21-28(11)17-13-15-26(9)18-19-30)31-32(23(3)4,24(5)6)25(7)8/h14,17-18,20,23-25,29-30H,12-13,15-16,19,21H2,1-11H3/b26-18+,27-20+,28-17-. The smallest absolute Gasteiger partial charge is 0.201 e. The highest BCUT2D eigenvalue weighted by atomic mass is 28.4. The summed E-state index contributed by atoms with van der Waals surface area (Å²) in [5.41, 5.74) is 7.23. The minimum atomic E-state index is -1.95. The Morgan fingerprint density at radius 3 is 1.69 bits per heavy atom.